The maximum Gasteiger partial charge on any atom is 0.472 e. The molecule has 0 radical (unpaired) electrons. The largest absolute Gasteiger partial charge is 0.472 e. The summed E-state index contributed by atoms with van der Waals surface area (Å²) < 4.78 is 35.1. The van der Waals surface area contributed by atoms with Crippen LogP contribution < -0.4 is 0 Å². The summed E-state index contributed by atoms with van der Waals surface area (Å²) >= 11 is 0. The minimum absolute atomic E-state index is 0.0895. The number of phosphoric ester groups is 1. The van der Waals surface area contributed by atoms with Crippen LogP contribution in [0.3, 0.4) is 0 Å². The van der Waals surface area contributed by atoms with Crippen molar-refractivity contribution >= 4 is 13.8 Å². The third-order valence-electron chi connectivity index (χ3n) is 10.5. The maximum atomic E-state index is 12.7. The fourth-order valence-electron chi connectivity index (χ4n) is 6.76. The number of quaternary nitrogens is 1. The predicted octanol–water partition coefficient (Wildman–Crippen LogP) is 14.4. The molecule has 1 N–H and O–H groups in total. The molecule has 0 saturated carbocycles. The Labute approximate surface area is 353 Å². The molecule has 57 heavy (non-hydrogen) atoms. The Balaban J connectivity index is 4.17. The molecule has 0 rings (SSSR count). The van der Waals surface area contributed by atoms with Crippen molar-refractivity contribution in [2.75, 3.05) is 54.1 Å². The molecule has 0 amide bonds. The molecule has 0 aliphatic carbocycles. The number of hydrogen-bond donors (Lipinski definition) is 1. The Morgan fingerprint density at radius 3 is 1.46 bits per heavy atom. The number of allylic oxidation sites excluding steroid dienone is 4. The van der Waals surface area contributed by atoms with Crippen LogP contribution in [-0.2, 0) is 27.9 Å². The van der Waals surface area contributed by atoms with Crippen LogP contribution in [0.5, 0.6) is 0 Å². The molecular weight excluding hydrogens is 734 g/mol. The van der Waals surface area contributed by atoms with E-state index in [0.717, 1.165) is 38.5 Å². The maximum absolute atomic E-state index is 12.7. The van der Waals surface area contributed by atoms with Gasteiger partial charge >= 0.3 is 13.8 Å². The number of likely N-dealkylation sites (N-methyl/N-ethyl adjacent to an activating group) is 1. The molecule has 0 aliphatic heterocycles. The topological polar surface area (TPSA) is 91.3 Å². The van der Waals surface area contributed by atoms with Gasteiger partial charge in [-0.3, -0.25) is 13.8 Å². The summed E-state index contributed by atoms with van der Waals surface area (Å²) in [5.74, 6) is -0.312. The summed E-state index contributed by atoms with van der Waals surface area (Å²) in [4.78, 5) is 22.9. The fourth-order valence-corrected chi connectivity index (χ4v) is 7.50. The van der Waals surface area contributed by atoms with Crippen molar-refractivity contribution in [1.82, 2.24) is 0 Å². The average molecular weight is 829 g/mol. The molecule has 0 fully saturated rings. The molecule has 0 bridgehead atoms. The zero-order chi connectivity index (χ0) is 42.0. The number of ether oxygens (including phenoxy) is 2. The number of carbonyl (C=O) groups is 1. The van der Waals surface area contributed by atoms with Crippen LogP contribution in [0.1, 0.15) is 219 Å². The lowest BCUT2D eigenvalue weighted by Crippen LogP contribution is -2.37. The summed E-state index contributed by atoms with van der Waals surface area (Å²) in [6, 6.07) is 0. The summed E-state index contributed by atoms with van der Waals surface area (Å²) in [7, 11) is 1.67. The highest BCUT2D eigenvalue weighted by atomic mass is 31.2. The minimum Gasteiger partial charge on any atom is -0.457 e. The molecule has 0 aromatic carbocycles. The Morgan fingerprint density at radius 1 is 0.544 bits per heavy atom. The third-order valence-corrected chi connectivity index (χ3v) is 11.5. The van der Waals surface area contributed by atoms with Crippen molar-refractivity contribution < 1.29 is 37.3 Å². The van der Waals surface area contributed by atoms with Gasteiger partial charge in [0.25, 0.3) is 0 Å². The highest BCUT2D eigenvalue weighted by Crippen LogP contribution is 2.43. The average Bonchev–Trinajstić information content (AvgIpc) is 3.16. The number of phosphoric acid groups is 1. The second-order valence-electron chi connectivity index (χ2n) is 17.5. The summed E-state index contributed by atoms with van der Waals surface area (Å²) in [5.41, 5.74) is 0. The zero-order valence-corrected chi connectivity index (χ0v) is 39.2. The molecule has 0 saturated heterocycles. The molecule has 8 nitrogen and oxygen atoms in total. The fraction of sp³-hybridized carbons (Fsp3) is 0.896. The Hall–Kier alpha value is -1.02. The van der Waals surface area contributed by atoms with Crippen molar-refractivity contribution in [1.29, 1.82) is 0 Å². The monoisotopic (exact) mass is 829 g/mol. The van der Waals surface area contributed by atoms with Crippen LogP contribution >= 0.6 is 7.82 Å². The predicted molar refractivity (Wildman–Crippen MR) is 243 cm³/mol. The minimum atomic E-state index is -4.27. The first-order chi connectivity index (χ1) is 27.6. The van der Waals surface area contributed by atoms with Crippen LogP contribution in [0.4, 0.5) is 0 Å². The van der Waals surface area contributed by atoms with Gasteiger partial charge in [-0.15, -0.1) is 0 Å². The van der Waals surface area contributed by atoms with E-state index in [1.807, 2.05) is 21.1 Å². The van der Waals surface area contributed by atoms with Crippen LogP contribution in [0.25, 0.3) is 0 Å². The SMILES string of the molecule is CCCCC/C=C\C/C=C\CCCCCCCCCCOCC(COP(=O)(O)OCC[N+](C)(C)C)OC(=O)CCCCCCCCCCCCCCCCCCC. The molecule has 0 spiro atoms. The van der Waals surface area contributed by atoms with E-state index in [0.29, 0.717) is 24.1 Å². The summed E-state index contributed by atoms with van der Waals surface area (Å²) in [6.07, 6.45) is 47.8. The van der Waals surface area contributed by atoms with E-state index >= 15 is 0 Å². The number of nitrogens with zero attached hydrogens (tertiary/aromatic N) is 1. The van der Waals surface area contributed by atoms with E-state index < -0.39 is 13.9 Å². The molecule has 0 aromatic heterocycles. The molecular formula is C48H95NO7P+. The van der Waals surface area contributed by atoms with Gasteiger partial charge < -0.3 is 18.9 Å². The van der Waals surface area contributed by atoms with E-state index in [1.54, 1.807) is 0 Å². The van der Waals surface area contributed by atoms with E-state index in [-0.39, 0.29) is 25.8 Å². The molecule has 2 unspecified atom stereocenters. The molecule has 2 atom stereocenters. The lowest BCUT2D eigenvalue weighted by atomic mass is 10.0. The van der Waals surface area contributed by atoms with Crippen molar-refractivity contribution in [3.05, 3.63) is 24.3 Å². The quantitative estimate of drug-likeness (QED) is 0.0215. The Bertz CT molecular complexity index is 967. The van der Waals surface area contributed by atoms with Gasteiger partial charge in [-0.25, -0.2) is 4.57 Å². The first-order valence-corrected chi connectivity index (χ1v) is 25.6. The molecule has 9 heteroatoms. The van der Waals surface area contributed by atoms with Gasteiger partial charge in [0.05, 0.1) is 34.4 Å². The Morgan fingerprint density at radius 2 is 0.965 bits per heavy atom. The van der Waals surface area contributed by atoms with Gasteiger partial charge in [0, 0.05) is 13.0 Å². The molecule has 0 aromatic rings. The number of esters is 1. The second kappa shape index (κ2) is 41.7. The van der Waals surface area contributed by atoms with Crippen molar-refractivity contribution in [2.45, 2.75) is 225 Å². The lowest BCUT2D eigenvalue weighted by molar-refractivity contribution is -0.870. The highest BCUT2D eigenvalue weighted by molar-refractivity contribution is 7.47. The molecule has 0 aliphatic rings. The third kappa shape index (κ3) is 45.9. The van der Waals surface area contributed by atoms with Crippen molar-refractivity contribution in [3.8, 4) is 0 Å². The van der Waals surface area contributed by atoms with Gasteiger partial charge in [-0.05, 0) is 44.9 Å². The van der Waals surface area contributed by atoms with Crippen molar-refractivity contribution in [2.24, 2.45) is 0 Å². The number of carbonyl (C=O) groups excluding carboxylic acids is 1. The smallest absolute Gasteiger partial charge is 0.457 e. The van der Waals surface area contributed by atoms with E-state index in [1.165, 1.54) is 161 Å². The van der Waals surface area contributed by atoms with E-state index in [2.05, 4.69) is 38.2 Å². The summed E-state index contributed by atoms with van der Waals surface area (Å²) in [5, 5.41) is 0. The summed E-state index contributed by atoms with van der Waals surface area (Å²) in [6.45, 7) is 5.62. The van der Waals surface area contributed by atoms with E-state index in [9.17, 15) is 14.3 Å². The van der Waals surface area contributed by atoms with Crippen LogP contribution in [0, 0.1) is 0 Å². The lowest BCUT2D eigenvalue weighted by Gasteiger charge is -2.24. The molecule has 338 valence electrons. The standard InChI is InChI=1S/C48H94NO7P/c1-6-8-10-12-14-16-18-20-22-24-26-28-30-32-34-36-38-40-43-53-45-47(46-55-57(51,52)54-44-42-49(3,4)5)56-48(50)41-39-37-35-33-31-29-27-25-23-21-19-17-15-13-11-9-7-2/h14,16,20,22,47H,6-13,15,17-19,21,23-46H2,1-5H3/p+1/b16-14-,22-20-. The van der Waals surface area contributed by atoms with Crippen LogP contribution in [0.2, 0.25) is 0 Å². The number of hydrogen-bond acceptors (Lipinski definition) is 6. The second-order valence-corrected chi connectivity index (χ2v) is 19.0. The van der Waals surface area contributed by atoms with Gasteiger partial charge in [0.1, 0.15) is 19.3 Å². The number of unbranched alkanes of at least 4 members (excludes halogenated alkanes) is 27. The zero-order valence-electron chi connectivity index (χ0n) is 38.3. The first kappa shape index (κ1) is 56.0. The van der Waals surface area contributed by atoms with Gasteiger partial charge in [0.15, 0.2) is 0 Å². The Kier molecular flexibility index (Phi) is 41.0. The van der Waals surface area contributed by atoms with Gasteiger partial charge in [-0.2, -0.15) is 0 Å². The first-order valence-electron chi connectivity index (χ1n) is 24.1. The van der Waals surface area contributed by atoms with E-state index in [4.69, 9.17) is 18.5 Å². The van der Waals surface area contributed by atoms with Crippen molar-refractivity contribution in [3.63, 3.8) is 0 Å². The van der Waals surface area contributed by atoms with Crippen LogP contribution in [-0.4, -0.2) is 75.6 Å². The van der Waals surface area contributed by atoms with Gasteiger partial charge in [-0.1, -0.05) is 192 Å². The number of rotatable bonds is 45. The van der Waals surface area contributed by atoms with Gasteiger partial charge in [0.2, 0.25) is 0 Å². The van der Waals surface area contributed by atoms with Crippen LogP contribution in [0.15, 0.2) is 24.3 Å². The normalized spacial score (nSPS) is 13.9. The molecule has 0 heterocycles. The highest BCUT2D eigenvalue weighted by Gasteiger charge is 2.26.